The summed E-state index contributed by atoms with van der Waals surface area (Å²) in [5, 5.41) is 14.0. The van der Waals surface area contributed by atoms with Gasteiger partial charge >= 0.3 is 0 Å². The Bertz CT molecular complexity index is 719. The molecule has 1 saturated heterocycles. The third-order valence-electron chi connectivity index (χ3n) is 4.27. The van der Waals surface area contributed by atoms with Crippen LogP contribution in [0.5, 0.6) is 0 Å². The Kier molecular flexibility index (Phi) is 4.89. The van der Waals surface area contributed by atoms with E-state index in [0.717, 1.165) is 12.8 Å². The van der Waals surface area contributed by atoms with Gasteiger partial charge in [0, 0.05) is 13.1 Å². The van der Waals surface area contributed by atoms with Gasteiger partial charge in [0.1, 0.15) is 5.82 Å². The molecule has 2 atom stereocenters. The SMILES string of the molecule is Cc1noc(C2CCCN(C(=O)CC(O)c3cccc(F)c3)C2)n1. The van der Waals surface area contributed by atoms with Gasteiger partial charge in [0.15, 0.2) is 5.82 Å². The van der Waals surface area contributed by atoms with E-state index in [9.17, 15) is 14.3 Å². The third kappa shape index (κ3) is 3.79. The number of carbonyl (C=O) groups excluding carboxylic acids is 1. The summed E-state index contributed by atoms with van der Waals surface area (Å²) in [6.45, 7) is 2.89. The van der Waals surface area contributed by atoms with Gasteiger partial charge in [-0.3, -0.25) is 4.79 Å². The molecular weight excluding hydrogens is 313 g/mol. The van der Waals surface area contributed by atoms with Crippen LogP contribution in [0, 0.1) is 12.7 Å². The molecule has 1 N–H and O–H groups in total. The average molecular weight is 333 g/mol. The minimum Gasteiger partial charge on any atom is -0.388 e. The number of rotatable bonds is 4. The zero-order valence-electron chi connectivity index (χ0n) is 13.5. The Balaban J connectivity index is 1.62. The molecule has 3 rings (SSSR count). The maximum Gasteiger partial charge on any atom is 0.231 e. The van der Waals surface area contributed by atoms with Crippen LogP contribution in [0.3, 0.4) is 0 Å². The van der Waals surface area contributed by atoms with E-state index in [1.165, 1.54) is 18.2 Å². The number of benzene rings is 1. The van der Waals surface area contributed by atoms with E-state index in [0.29, 0.717) is 30.4 Å². The first-order chi connectivity index (χ1) is 11.5. The molecule has 6 nitrogen and oxygen atoms in total. The number of aliphatic hydroxyl groups is 1. The molecule has 0 radical (unpaired) electrons. The van der Waals surface area contributed by atoms with Crippen molar-refractivity contribution in [2.45, 2.75) is 38.2 Å². The highest BCUT2D eigenvalue weighted by atomic mass is 19.1. The van der Waals surface area contributed by atoms with Gasteiger partial charge in [0.05, 0.1) is 18.4 Å². The first-order valence-electron chi connectivity index (χ1n) is 8.04. The number of amides is 1. The number of hydrogen-bond donors (Lipinski definition) is 1. The van der Waals surface area contributed by atoms with Crippen LogP contribution in [0.15, 0.2) is 28.8 Å². The monoisotopic (exact) mass is 333 g/mol. The van der Waals surface area contributed by atoms with Crippen molar-refractivity contribution in [2.75, 3.05) is 13.1 Å². The van der Waals surface area contributed by atoms with Crippen LogP contribution in [-0.2, 0) is 4.79 Å². The Morgan fingerprint density at radius 2 is 2.38 bits per heavy atom. The standard InChI is InChI=1S/C17H20FN3O3/c1-11-19-17(24-20-11)13-5-3-7-21(10-13)16(23)9-15(22)12-4-2-6-14(18)8-12/h2,4,6,8,13,15,22H,3,5,7,9-10H2,1H3. The van der Waals surface area contributed by atoms with Gasteiger partial charge in [0.25, 0.3) is 0 Å². The van der Waals surface area contributed by atoms with E-state index in [2.05, 4.69) is 10.1 Å². The average Bonchev–Trinajstić information content (AvgIpc) is 3.01. The van der Waals surface area contributed by atoms with E-state index < -0.39 is 11.9 Å². The second-order valence-corrected chi connectivity index (χ2v) is 6.13. The Morgan fingerprint density at radius 1 is 1.54 bits per heavy atom. The lowest BCUT2D eigenvalue weighted by Gasteiger charge is -2.31. The summed E-state index contributed by atoms with van der Waals surface area (Å²) in [7, 11) is 0. The lowest BCUT2D eigenvalue weighted by atomic mass is 9.97. The normalized spacial score (nSPS) is 19.3. The fraction of sp³-hybridized carbons (Fsp3) is 0.471. The van der Waals surface area contributed by atoms with Crippen LogP contribution >= 0.6 is 0 Å². The highest BCUT2D eigenvalue weighted by Crippen LogP contribution is 2.27. The van der Waals surface area contributed by atoms with Crippen molar-refractivity contribution in [2.24, 2.45) is 0 Å². The number of nitrogens with zero attached hydrogens (tertiary/aromatic N) is 3. The van der Waals surface area contributed by atoms with E-state index in [1.54, 1.807) is 17.9 Å². The van der Waals surface area contributed by atoms with E-state index in [-0.39, 0.29) is 18.2 Å². The lowest BCUT2D eigenvalue weighted by molar-refractivity contribution is -0.134. The number of aliphatic hydroxyl groups excluding tert-OH is 1. The first-order valence-corrected chi connectivity index (χ1v) is 8.04. The number of halogens is 1. The number of carbonyl (C=O) groups is 1. The molecule has 24 heavy (non-hydrogen) atoms. The largest absolute Gasteiger partial charge is 0.388 e. The predicted molar refractivity (Wildman–Crippen MR) is 83.6 cm³/mol. The van der Waals surface area contributed by atoms with Crippen LogP contribution in [-0.4, -0.2) is 39.1 Å². The quantitative estimate of drug-likeness (QED) is 0.929. The zero-order valence-corrected chi connectivity index (χ0v) is 13.5. The minimum atomic E-state index is -1.01. The van der Waals surface area contributed by atoms with E-state index in [1.807, 2.05) is 0 Å². The summed E-state index contributed by atoms with van der Waals surface area (Å²) >= 11 is 0. The van der Waals surface area contributed by atoms with Crippen molar-refractivity contribution in [1.29, 1.82) is 0 Å². The third-order valence-corrected chi connectivity index (χ3v) is 4.27. The van der Waals surface area contributed by atoms with E-state index in [4.69, 9.17) is 4.52 Å². The molecule has 2 unspecified atom stereocenters. The second-order valence-electron chi connectivity index (χ2n) is 6.13. The van der Waals surface area contributed by atoms with Crippen molar-refractivity contribution in [1.82, 2.24) is 15.0 Å². The molecular formula is C17H20FN3O3. The Labute approximate surface area is 139 Å². The van der Waals surface area contributed by atoms with Crippen LogP contribution < -0.4 is 0 Å². The number of hydrogen-bond acceptors (Lipinski definition) is 5. The first kappa shape index (κ1) is 16.6. The number of aromatic nitrogens is 2. The van der Waals surface area contributed by atoms with Gasteiger partial charge in [-0.15, -0.1) is 0 Å². The van der Waals surface area contributed by atoms with Crippen LogP contribution in [0.25, 0.3) is 0 Å². The molecule has 1 aromatic carbocycles. The molecule has 1 aliphatic rings. The fourth-order valence-corrected chi connectivity index (χ4v) is 3.01. The van der Waals surface area contributed by atoms with Crippen molar-refractivity contribution < 1.29 is 18.8 Å². The molecule has 1 fully saturated rings. The lowest BCUT2D eigenvalue weighted by Crippen LogP contribution is -2.39. The van der Waals surface area contributed by atoms with Crippen molar-refractivity contribution in [3.63, 3.8) is 0 Å². The van der Waals surface area contributed by atoms with Crippen molar-refractivity contribution in [3.05, 3.63) is 47.4 Å². The molecule has 0 spiro atoms. The van der Waals surface area contributed by atoms with E-state index >= 15 is 0 Å². The molecule has 0 saturated carbocycles. The summed E-state index contributed by atoms with van der Waals surface area (Å²) in [6.07, 6.45) is 0.643. The molecule has 0 aliphatic carbocycles. The highest BCUT2D eigenvalue weighted by Gasteiger charge is 2.29. The topological polar surface area (TPSA) is 79.5 Å². The second kappa shape index (κ2) is 7.09. The minimum absolute atomic E-state index is 0.0233. The van der Waals surface area contributed by atoms with Gasteiger partial charge in [-0.2, -0.15) is 4.98 Å². The molecule has 2 heterocycles. The molecule has 0 bridgehead atoms. The number of piperidine rings is 1. The predicted octanol–water partition coefficient (Wildman–Crippen LogP) is 2.35. The summed E-state index contributed by atoms with van der Waals surface area (Å²) in [6, 6.07) is 5.69. The van der Waals surface area contributed by atoms with Gasteiger partial charge in [-0.25, -0.2) is 4.39 Å². The highest BCUT2D eigenvalue weighted by molar-refractivity contribution is 5.77. The molecule has 1 amide bonds. The fourth-order valence-electron chi connectivity index (χ4n) is 3.01. The van der Waals surface area contributed by atoms with Crippen LogP contribution in [0.1, 0.15) is 48.6 Å². The zero-order chi connectivity index (χ0) is 17.1. The Morgan fingerprint density at radius 3 is 3.08 bits per heavy atom. The molecule has 1 aromatic heterocycles. The van der Waals surface area contributed by atoms with Gasteiger partial charge < -0.3 is 14.5 Å². The summed E-state index contributed by atoms with van der Waals surface area (Å²) < 4.78 is 18.4. The smallest absolute Gasteiger partial charge is 0.231 e. The summed E-state index contributed by atoms with van der Waals surface area (Å²) in [4.78, 5) is 18.4. The molecule has 2 aromatic rings. The van der Waals surface area contributed by atoms with Crippen molar-refractivity contribution >= 4 is 5.91 Å². The summed E-state index contributed by atoms with van der Waals surface area (Å²) in [5.41, 5.74) is 0.407. The molecule has 7 heteroatoms. The molecule has 128 valence electrons. The number of aryl methyl sites for hydroxylation is 1. The molecule has 1 aliphatic heterocycles. The van der Waals surface area contributed by atoms with Crippen molar-refractivity contribution in [3.8, 4) is 0 Å². The maximum absolute atomic E-state index is 13.2. The summed E-state index contributed by atoms with van der Waals surface area (Å²) in [5.74, 6) is 0.567. The number of likely N-dealkylation sites (tertiary alicyclic amines) is 1. The van der Waals surface area contributed by atoms with Gasteiger partial charge in [0.2, 0.25) is 11.8 Å². The maximum atomic E-state index is 13.2. The van der Waals surface area contributed by atoms with Crippen LogP contribution in [0.4, 0.5) is 4.39 Å². The van der Waals surface area contributed by atoms with Gasteiger partial charge in [-0.1, -0.05) is 17.3 Å². The Hall–Kier alpha value is -2.28. The van der Waals surface area contributed by atoms with Gasteiger partial charge in [-0.05, 0) is 37.5 Å². The van der Waals surface area contributed by atoms with Crippen LogP contribution in [0.2, 0.25) is 0 Å².